The lowest BCUT2D eigenvalue weighted by molar-refractivity contribution is -0.0593. The van der Waals surface area contributed by atoms with Crippen molar-refractivity contribution in [3.8, 4) is 0 Å². The number of halogens is 2. The number of hydrogen-bond acceptors (Lipinski definition) is 3. The van der Waals surface area contributed by atoms with Gasteiger partial charge in [-0.15, -0.1) is 0 Å². The van der Waals surface area contributed by atoms with E-state index in [4.69, 9.17) is 17.3 Å². The van der Waals surface area contributed by atoms with E-state index in [1.165, 1.54) is 6.07 Å². The minimum absolute atomic E-state index is 0.0110. The summed E-state index contributed by atoms with van der Waals surface area (Å²) in [6.07, 6.45) is 0. The normalized spacial score (nSPS) is 27.2. The second-order valence-electron chi connectivity index (χ2n) is 6.75. The minimum atomic E-state index is -3.92. The van der Waals surface area contributed by atoms with Crippen molar-refractivity contribution in [2.75, 3.05) is 0 Å². The highest BCUT2D eigenvalue weighted by molar-refractivity contribution is 7.89. The molecule has 0 atom stereocenters. The van der Waals surface area contributed by atoms with E-state index in [2.05, 4.69) is 4.72 Å². The SMILES string of the molecule is CC1(C)C(N)C(C)(C)C1NS(=O)(=O)c1cc(F)ccc1Cl. The lowest BCUT2D eigenvalue weighted by Crippen LogP contribution is -2.75. The number of nitrogens with two attached hydrogens (primary N) is 1. The molecule has 2 rings (SSSR count). The molecule has 1 saturated carbocycles. The summed E-state index contributed by atoms with van der Waals surface area (Å²) in [4.78, 5) is -0.253. The standard InChI is InChI=1S/C14H20ClFN2O2S/c1-13(2)11(17)14(3,4)12(13)18-21(19,20)10-7-8(16)5-6-9(10)15/h5-7,11-12,18H,17H2,1-4H3. The molecule has 1 fully saturated rings. The van der Waals surface area contributed by atoms with Crippen molar-refractivity contribution in [2.24, 2.45) is 16.6 Å². The number of benzene rings is 1. The van der Waals surface area contributed by atoms with Crippen LogP contribution in [-0.2, 0) is 10.0 Å². The third-order valence-electron chi connectivity index (χ3n) is 4.55. The molecular weight excluding hydrogens is 315 g/mol. The summed E-state index contributed by atoms with van der Waals surface area (Å²) in [5.41, 5.74) is 5.33. The molecule has 1 aliphatic carbocycles. The Kier molecular flexibility index (Phi) is 3.90. The van der Waals surface area contributed by atoms with E-state index in [1.54, 1.807) is 0 Å². The van der Waals surface area contributed by atoms with Crippen molar-refractivity contribution in [1.82, 2.24) is 4.72 Å². The molecule has 1 aromatic rings. The highest BCUT2D eigenvalue weighted by Crippen LogP contribution is 2.53. The van der Waals surface area contributed by atoms with E-state index in [1.807, 2.05) is 27.7 Å². The van der Waals surface area contributed by atoms with Crippen LogP contribution in [0.1, 0.15) is 27.7 Å². The molecule has 118 valence electrons. The summed E-state index contributed by atoms with van der Waals surface area (Å²) in [5.74, 6) is -0.649. The Hall–Kier alpha value is -0.690. The zero-order valence-electron chi connectivity index (χ0n) is 12.4. The summed E-state index contributed by atoms with van der Waals surface area (Å²) in [5, 5.41) is -0.0110. The first kappa shape index (κ1) is 16.7. The average molecular weight is 335 g/mol. The van der Waals surface area contributed by atoms with Gasteiger partial charge in [-0.25, -0.2) is 17.5 Å². The van der Waals surface area contributed by atoms with Crippen LogP contribution in [-0.4, -0.2) is 20.5 Å². The van der Waals surface area contributed by atoms with Crippen molar-refractivity contribution in [1.29, 1.82) is 0 Å². The lowest BCUT2D eigenvalue weighted by Gasteiger charge is -2.62. The van der Waals surface area contributed by atoms with Gasteiger partial charge in [0.25, 0.3) is 0 Å². The van der Waals surface area contributed by atoms with Gasteiger partial charge in [-0.05, 0) is 29.0 Å². The van der Waals surface area contributed by atoms with Crippen LogP contribution in [0.15, 0.2) is 23.1 Å². The van der Waals surface area contributed by atoms with Crippen LogP contribution in [0.3, 0.4) is 0 Å². The van der Waals surface area contributed by atoms with Crippen LogP contribution in [0, 0.1) is 16.6 Å². The van der Waals surface area contributed by atoms with Crippen molar-refractivity contribution < 1.29 is 12.8 Å². The quantitative estimate of drug-likeness (QED) is 0.892. The summed E-state index contributed by atoms with van der Waals surface area (Å²) < 4.78 is 40.9. The van der Waals surface area contributed by atoms with Gasteiger partial charge in [0.05, 0.1) is 5.02 Å². The van der Waals surface area contributed by atoms with Gasteiger partial charge in [-0.2, -0.15) is 0 Å². The van der Waals surface area contributed by atoms with Gasteiger partial charge in [0, 0.05) is 12.1 Å². The molecule has 0 aliphatic heterocycles. The Bertz CT molecular complexity index is 658. The van der Waals surface area contributed by atoms with Crippen molar-refractivity contribution >= 4 is 21.6 Å². The fourth-order valence-electron chi connectivity index (χ4n) is 3.39. The zero-order valence-corrected chi connectivity index (χ0v) is 14.0. The predicted octanol–water partition coefficient (Wildman–Crippen LogP) is 2.52. The molecule has 21 heavy (non-hydrogen) atoms. The smallest absolute Gasteiger partial charge is 0.242 e. The molecule has 0 radical (unpaired) electrons. The minimum Gasteiger partial charge on any atom is -0.327 e. The van der Waals surface area contributed by atoms with Crippen LogP contribution < -0.4 is 10.5 Å². The average Bonchev–Trinajstić information content (AvgIpc) is 2.37. The van der Waals surface area contributed by atoms with E-state index in [0.29, 0.717) is 0 Å². The maximum Gasteiger partial charge on any atom is 0.242 e. The molecule has 0 bridgehead atoms. The molecule has 0 amide bonds. The van der Waals surface area contributed by atoms with Crippen LogP contribution in [0.25, 0.3) is 0 Å². The summed E-state index contributed by atoms with van der Waals surface area (Å²) in [6.45, 7) is 7.62. The van der Waals surface area contributed by atoms with Crippen LogP contribution in [0.2, 0.25) is 5.02 Å². The molecular formula is C14H20ClFN2O2S. The molecule has 7 heteroatoms. The first-order chi connectivity index (χ1) is 9.40. The number of nitrogens with one attached hydrogen (secondary N) is 1. The molecule has 0 unspecified atom stereocenters. The maximum absolute atomic E-state index is 13.3. The summed E-state index contributed by atoms with van der Waals surface area (Å²) in [6, 6.07) is 2.77. The summed E-state index contributed by atoms with van der Waals surface area (Å²) >= 11 is 5.89. The van der Waals surface area contributed by atoms with Crippen molar-refractivity contribution in [2.45, 2.75) is 44.7 Å². The summed E-state index contributed by atoms with van der Waals surface area (Å²) in [7, 11) is -3.92. The molecule has 1 aromatic carbocycles. The van der Waals surface area contributed by atoms with Gasteiger partial charge < -0.3 is 5.73 Å². The van der Waals surface area contributed by atoms with Gasteiger partial charge in [-0.3, -0.25) is 0 Å². The Morgan fingerprint density at radius 3 is 2.29 bits per heavy atom. The Balaban J connectivity index is 2.37. The van der Waals surface area contributed by atoms with Crippen LogP contribution in [0.5, 0.6) is 0 Å². The van der Waals surface area contributed by atoms with Gasteiger partial charge in [0.2, 0.25) is 10.0 Å². The van der Waals surface area contributed by atoms with E-state index < -0.39 is 26.7 Å². The highest BCUT2D eigenvalue weighted by atomic mass is 35.5. The van der Waals surface area contributed by atoms with Gasteiger partial charge in [0.1, 0.15) is 10.7 Å². The fraction of sp³-hybridized carbons (Fsp3) is 0.571. The van der Waals surface area contributed by atoms with Crippen molar-refractivity contribution in [3.63, 3.8) is 0 Å². The number of hydrogen-bond donors (Lipinski definition) is 2. The van der Waals surface area contributed by atoms with E-state index in [-0.39, 0.29) is 22.0 Å². The molecule has 4 nitrogen and oxygen atoms in total. The topological polar surface area (TPSA) is 72.2 Å². The van der Waals surface area contributed by atoms with Gasteiger partial charge in [-0.1, -0.05) is 39.3 Å². The molecule has 1 aliphatic rings. The van der Waals surface area contributed by atoms with Crippen molar-refractivity contribution in [3.05, 3.63) is 29.0 Å². The van der Waals surface area contributed by atoms with E-state index >= 15 is 0 Å². The van der Waals surface area contributed by atoms with Crippen LogP contribution >= 0.6 is 11.6 Å². The third kappa shape index (κ3) is 2.59. The first-order valence-corrected chi connectivity index (χ1v) is 8.50. The molecule has 0 spiro atoms. The highest BCUT2D eigenvalue weighted by Gasteiger charge is 2.61. The zero-order chi connectivity index (χ0) is 16.2. The maximum atomic E-state index is 13.3. The number of sulfonamides is 1. The third-order valence-corrected chi connectivity index (χ3v) is 6.45. The molecule has 0 aromatic heterocycles. The first-order valence-electron chi connectivity index (χ1n) is 6.63. The monoisotopic (exact) mass is 334 g/mol. The fourth-order valence-corrected chi connectivity index (χ4v) is 5.45. The molecule has 3 N–H and O–H groups in total. The van der Waals surface area contributed by atoms with Gasteiger partial charge in [0.15, 0.2) is 0 Å². The predicted molar refractivity (Wildman–Crippen MR) is 81.1 cm³/mol. The second-order valence-corrected chi connectivity index (χ2v) is 8.84. The molecule has 0 heterocycles. The number of rotatable bonds is 3. The van der Waals surface area contributed by atoms with Crippen LogP contribution in [0.4, 0.5) is 4.39 Å². The molecule has 0 saturated heterocycles. The Morgan fingerprint density at radius 2 is 1.76 bits per heavy atom. The largest absolute Gasteiger partial charge is 0.327 e. The Labute approximate surface area is 129 Å². The lowest BCUT2D eigenvalue weighted by atomic mass is 9.49. The van der Waals surface area contributed by atoms with E-state index in [0.717, 1.165) is 12.1 Å². The van der Waals surface area contributed by atoms with E-state index in [9.17, 15) is 12.8 Å². The Morgan fingerprint density at radius 1 is 1.24 bits per heavy atom. The van der Waals surface area contributed by atoms with Gasteiger partial charge >= 0.3 is 0 Å². The second kappa shape index (κ2) is 4.91.